The van der Waals surface area contributed by atoms with Crippen molar-refractivity contribution < 1.29 is 19.1 Å². The molecule has 1 aromatic rings. The van der Waals surface area contributed by atoms with Crippen molar-refractivity contribution in [3.05, 3.63) is 48.0 Å². The van der Waals surface area contributed by atoms with Gasteiger partial charge in [-0.05, 0) is 18.4 Å². The number of fused-ring (bicyclic) bond motifs is 1. The van der Waals surface area contributed by atoms with Gasteiger partial charge in [-0.25, -0.2) is 4.79 Å². The van der Waals surface area contributed by atoms with Gasteiger partial charge in [0.05, 0.1) is 23.9 Å². The number of allylic oxidation sites excluding steroid dienone is 1. The van der Waals surface area contributed by atoms with E-state index in [0.29, 0.717) is 19.4 Å². The second kappa shape index (κ2) is 6.02. The highest BCUT2D eigenvalue weighted by atomic mass is 16.6. The van der Waals surface area contributed by atoms with E-state index in [0.717, 1.165) is 5.56 Å². The van der Waals surface area contributed by atoms with Crippen molar-refractivity contribution in [3.8, 4) is 0 Å². The second-order valence-electron chi connectivity index (χ2n) is 6.85. The maximum atomic E-state index is 12.6. The molecule has 0 unspecified atom stereocenters. The lowest BCUT2D eigenvalue weighted by atomic mass is 9.80. The molecule has 4 rings (SSSR count). The van der Waals surface area contributed by atoms with Crippen molar-refractivity contribution in [3.63, 3.8) is 0 Å². The Morgan fingerprint density at radius 3 is 2.64 bits per heavy atom. The van der Waals surface area contributed by atoms with Gasteiger partial charge in [0.1, 0.15) is 6.61 Å². The summed E-state index contributed by atoms with van der Waals surface area (Å²) in [6.07, 6.45) is 4.58. The number of carbonyl (C=O) groups is 3. The molecule has 0 aromatic heterocycles. The normalized spacial score (nSPS) is 31.5. The van der Waals surface area contributed by atoms with E-state index in [4.69, 9.17) is 4.74 Å². The van der Waals surface area contributed by atoms with E-state index in [-0.39, 0.29) is 23.8 Å². The zero-order valence-corrected chi connectivity index (χ0v) is 14.0. The Hall–Kier alpha value is -2.63. The van der Waals surface area contributed by atoms with Crippen LogP contribution >= 0.6 is 0 Å². The third-order valence-corrected chi connectivity index (χ3v) is 5.43. The van der Waals surface area contributed by atoms with E-state index in [9.17, 15) is 14.4 Å². The van der Waals surface area contributed by atoms with Crippen LogP contribution in [0.3, 0.4) is 0 Å². The molecule has 25 heavy (non-hydrogen) atoms. The Morgan fingerprint density at radius 2 is 1.88 bits per heavy atom. The van der Waals surface area contributed by atoms with Crippen LogP contribution in [-0.4, -0.2) is 53.4 Å². The molecular formula is C19H20N2O4. The van der Waals surface area contributed by atoms with Gasteiger partial charge in [0.2, 0.25) is 11.8 Å². The van der Waals surface area contributed by atoms with Crippen molar-refractivity contribution in [1.82, 2.24) is 9.80 Å². The van der Waals surface area contributed by atoms with E-state index < -0.39 is 18.1 Å². The fraction of sp³-hybridized carbons (Fsp3) is 0.421. The van der Waals surface area contributed by atoms with Crippen LogP contribution in [0.5, 0.6) is 0 Å². The molecule has 0 radical (unpaired) electrons. The summed E-state index contributed by atoms with van der Waals surface area (Å²) in [6, 6.07) is 9.33. The Kier molecular flexibility index (Phi) is 3.82. The number of carbonyl (C=O) groups excluding carboxylic acids is 3. The van der Waals surface area contributed by atoms with E-state index in [1.54, 1.807) is 4.90 Å². The SMILES string of the molecule is CN1C(=O)[C@@H]2[C@@H](CC=C[C@@H]2N2C(=O)OC[C@@H]2Cc2ccccc2)C1=O. The molecular weight excluding hydrogens is 320 g/mol. The highest BCUT2D eigenvalue weighted by Crippen LogP contribution is 2.38. The molecule has 4 atom stereocenters. The Labute approximate surface area is 146 Å². The largest absolute Gasteiger partial charge is 0.447 e. The molecule has 2 heterocycles. The number of amides is 3. The number of cyclic esters (lactones) is 1. The molecule has 130 valence electrons. The van der Waals surface area contributed by atoms with Gasteiger partial charge in [-0.3, -0.25) is 19.4 Å². The highest BCUT2D eigenvalue weighted by molar-refractivity contribution is 6.05. The van der Waals surface area contributed by atoms with Gasteiger partial charge in [-0.2, -0.15) is 0 Å². The first-order valence-electron chi connectivity index (χ1n) is 8.55. The smallest absolute Gasteiger partial charge is 0.410 e. The van der Waals surface area contributed by atoms with Gasteiger partial charge in [0, 0.05) is 7.05 Å². The molecule has 0 N–H and O–H groups in total. The maximum absolute atomic E-state index is 12.6. The van der Waals surface area contributed by atoms with Gasteiger partial charge in [0.25, 0.3) is 0 Å². The van der Waals surface area contributed by atoms with Crippen molar-refractivity contribution in [1.29, 1.82) is 0 Å². The van der Waals surface area contributed by atoms with Gasteiger partial charge >= 0.3 is 6.09 Å². The van der Waals surface area contributed by atoms with Crippen LogP contribution in [0.25, 0.3) is 0 Å². The van der Waals surface area contributed by atoms with Crippen molar-refractivity contribution in [2.45, 2.75) is 24.9 Å². The predicted molar refractivity (Wildman–Crippen MR) is 89.4 cm³/mol. The minimum absolute atomic E-state index is 0.142. The zero-order chi connectivity index (χ0) is 17.6. The van der Waals surface area contributed by atoms with E-state index in [1.807, 2.05) is 42.5 Å². The summed E-state index contributed by atoms with van der Waals surface area (Å²) >= 11 is 0. The summed E-state index contributed by atoms with van der Waals surface area (Å²) in [6.45, 7) is 0.299. The predicted octanol–water partition coefficient (Wildman–Crippen LogP) is 1.61. The summed E-state index contributed by atoms with van der Waals surface area (Å²) in [5.74, 6) is -1.25. The van der Waals surface area contributed by atoms with Crippen LogP contribution in [0.4, 0.5) is 4.79 Å². The molecule has 2 saturated heterocycles. The van der Waals surface area contributed by atoms with E-state index in [1.165, 1.54) is 11.9 Å². The molecule has 0 spiro atoms. The van der Waals surface area contributed by atoms with Crippen LogP contribution in [0, 0.1) is 11.8 Å². The number of ether oxygens (including phenoxy) is 1. The molecule has 2 fully saturated rings. The molecule has 2 aliphatic heterocycles. The number of rotatable bonds is 3. The molecule has 0 saturated carbocycles. The number of benzene rings is 1. The lowest BCUT2D eigenvalue weighted by Crippen LogP contribution is -2.50. The molecule has 1 aromatic carbocycles. The van der Waals surface area contributed by atoms with Crippen molar-refractivity contribution >= 4 is 17.9 Å². The molecule has 6 heteroatoms. The topological polar surface area (TPSA) is 66.9 Å². The first-order chi connectivity index (χ1) is 12.1. The van der Waals surface area contributed by atoms with Crippen LogP contribution in [0.1, 0.15) is 12.0 Å². The molecule has 1 aliphatic carbocycles. The summed E-state index contributed by atoms with van der Waals surface area (Å²) in [4.78, 5) is 40.1. The van der Waals surface area contributed by atoms with Crippen LogP contribution < -0.4 is 0 Å². The van der Waals surface area contributed by atoms with Crippen molar-refractivity contribution in [2.75, 3.05) is 13.7 Å². The van der Waals surface area contributed by atoms with Gasteiger partial charge in [-0.15, -0.1) is 0 Å². The Morgan fingerprint density at radius 1 is 1.12 bits per heavy atom. The zero-order valence-electron chi connectivity index (χ0n) is 14.0. The fourth-order valence-corrected chi connectivity index (χ4v) is 4.17. The van der Waals surface area contributed by atoms with Crippen LogP contribution in [-0.2, 0) is 20.7 Å². The number of hydrogen-bond acceptors (Lipinski definition) is 4. The minimum Gasteiger partial charge on any atom is -0.447 e. The number of likely N-dealkylation sites (tertiary alicyclic amines) is 1. The third kappa shape index (κ3) is 2.52. The summed E-state index contributed by atoms with van der Waals surface area (Å²) in [5.41, 5.74) is 1.11. The average molecular weight is 340 g/mol. The lowest BCUT2D eigenvalue weighted by Gasteiger charge is -2.35. The monoisotopic (exact) mass is 340 g/mol. The van der Waals surface area contributed by atoms with Gasteiger partial charge in [-0.1, -0.05) is 42.5 Å². The Balaban J connectivity index is 1.63. The average Bonchev–Trinajstić information content (AvgIpc) is 3.09. The first-order valence-corrected chi connectivity index (χ1v) is 8.55. The Bertz CT molecular complexity index is 745. The number of imide groups is 1. The van der Waals surface area contributed by atoms with Crippen LogP contribution in [0.2, 0.25) is 0 Å². The van der Waals surface area contributed by atoms with E-state index in [2.05, 4.69) is 0 Å². The van der Waals surface area contributed by atoms with Crippen LogP contribution in [0.15, 0.2) is 42.5 Å². The highest BCUT2D eigenvalue weighted by Gasteiger charge is 2.54. The third-order valence-electron chi connectivity index (χ3n) is 5.43. The second-order valence-corrected chi connectivity index (χ2v) is 6.85. The standard InChI is InChI=1S/C19H20N2O4/c1-20-17(22)14-8-5-9-15(16(14)18(20)23)21-13(11-25-19(21)24)10-12-6-3-2-4-7-12/h2-7,9,13-16H,8,10-11H2,1H3/t13-,14+,15-,16+/m0/s1. The van der Waals surface area contributed by atoms with Crippen molar-refractivity contribution in [2.24, 2.45) is 11.8 Å². The molecule has 3 amide bonds. The first kappa shape index (κ1) is 15.9. The molecule has 0 bridgehead atoms. The fourth-order valence-electron chi connectivity index (χ4n) is 4.17. The summed E-state index contributed by atoms with van der Waals surface area (Å²) < 4.78 is 5.28. The number of hydrogen-bond donors (Lipinski definition) is 0. The molecule has 6 nitrogen and oxygen atoms in total. The van der Waals surface area contributed by atoms with Gasteiger partial charge < -0.3 is 4.74 Å². The van der Waals surface area contributed by atoms with E-state index >= 15 is 0 Å². The number of nitrogens with zero attached hydrogens (tertiary/aromatic N) is 2. The quantitative estimate of drug-likeness (QED) is 0.619. The minimum atomic E-state index is -0.508. The molecule has 3 aliphatic rings. The van der Waals surface area contributed by atoms with Gasteiger partial charge in [0.15, 0.2) is 0 Å². The lowest BCUT2D eigenvalue weighted by molar-refractivity contribution is -0.138. The maximum Gasteiger partial charge on any atom is 0.410 e. The summed E-state index contributed by atoms with van der Waals surface area (Å²) in [5, 5.41) is 0. The summed E-state index contributed by atoms with van der Waals surface area (Å²) in [7, 11) is 1.52.